The Kier molecular flexibility index (Phi) is 6.30. The molecular weight excluding hydrogens is 478 g/mol. The number of rotatable bonds is 6. The molecule has 0 atom stereocenters. The van der Waals surface area contributed by atoms with Gasteiger partial charge in [0.2, 0.25) is 15.8 Å². The van der Waals surface area contributed by atoms with Crippen LogP contribution in [0.1, 0.15) is 25.7 Å². The van der Waals surface area contributed by atoms with Gasteiger partial charge in [-0.1, -0.05) is 24.4 Å². The lowest BCUT2D eigenvalue weighted by molar-refractivity contribution is 0.377. The van der Waals surface area contributed by atoms with Crippen molar-refractivity contribution in [2.45, 2.75) is 30.9 Å². The number of methoxy groups -OCH3 is 2. The van der Waals surface area contributed by atoms with Gasteiger partial charge in [-0.3, -0.25) is 4.40 Å². The minimum Gasteiger partial charge on any atom is -0.496 e. The van der Waals surface area contributed by atoms with Gasteiger partial charge >= 0.3 is 0 Å². The standard InChI is InChI=1S/C23H28ClN5O4S/c1-32-20-14-21(33-2)18(24)13-17(20)19-15-28-8-7-22(26-23(28)25-19)27-9-11-29(12-10-27)34(30,31)16-5-3-4-6-16/h7-8,13-16H,3-6,9-12H2,1-2H3. The van der Waals surface area contributed by atoms with Crippen LogP contribution in [-0.2, 0) is 10.0 Å². The minimum atomic E-state index is -3.21. The topological polar surface area (TPSA) is 89.3 Å². The molecule has 0 radical (unpaired) electrons. The molecule has 1 aromatic carbocycles. The third-order valence-corrected chi connectivity index (χ3v) is 9.40. The van der Waals surface area contributed by atoms with E-state index in [1.165, 1.54) is 0 Å². The number of fused-ring (bicyclic) bond motifs is 1. The molecule has 3 heterocycles. The summed E-state index contributed by atoms with van der Waals surface area (Å²) in [5.41, 5.74) is 1.42. The second-order valence-electron chi connectivity index (χ2n) is 8.64. The first kappa shape index (κ1) is 23.2. The van der Waals surface area contributed by atoms with Crippen molar-refractivity contribution in [2.24, 2.45) is 0 Å². The molecule has 5 rings (SSSR count). The van der Waals surface area contributed by atoms with Crippen molar-refractivity contribution in [3.63, 3.8) is 0 Å². The van der Waals surface area contributed by atoms with Crippen molar-refractivity contribution >= 4 is 33.2 Å². The Morgan fingerprint density at radius 3 is 2.38 bits per heavy atom. The van der Waals surface area contributed by atoms with Crippen LogP contribution in [0.4, 0.5) is 5.82 Å². The van der Waals surface area contributed by atoms with E-state index in [-0.39, 0.29) is 5.25 Å². The molecule has 11 heteroatoms. The molecule has 2 aromatic heterocycles. The smallest absolute Gasteiger partial charge is 0.236 e. The molecule has 3 aromatic rings. The van der Waals surface area contributed by atoms with E-state index in [1.54, 1.807) is 30.7 Å². The number of benzene rings is 1. The molecule has 0 N–H and O–H groups in total. The van der Waals surface area contributed by atoms with Gasteiger partial charge in [0, 0.05) is 50.2 Å². The fourth-order valence-electron chi connectivity index (χ4n) is 4.80. The van der Waals surface area contributed by atoms with Crippen LogP contribution in [0.3, 0.4) is 0 Å². The molecule has 182 valence electrons. The third-order valence-electron chi connectivity index (χ3n) is 6.71. The zero-order chi connectivity index (χ0) is 23.9. The molecule has 2 aliphatic rings. The molecule has 0 spiro atoms. The van der Waals surface area contributed by atoms with E-state index in [4.69, 9.17) is 26.1 Å². The molecule has 1 aliphatic carbocycles. The first-order valence-corrected chi connectivity index (χ1v) is 13.3. The second kappa shape index (κ2) is 9.24. The van der Waals surface area contributed by atoms with Gasteiger partial charge < -0.3 is 14.4 Å². The number of halogens is 1. The maximum absolute atomic E-state index is 12.9. The minimum absolute atomic E-state index is 0.208. The van der Waals surface area contributed by atoms with E-state index < -0.39 is 10.0 Å². The molecule has 1 saturated heterocycles. The van der Waals surface area contributed by atoms with E-state index in [1.807, 2.05) is 22.9 Å². The van der Waals surface area contributed by atoms with Gasteiger partial charge in [-0.15, -0.1) is 0 Å². The summed E-state index contributed by atoms with van der Waals surface area (Å²) < 4.78 is 40.1. The Morgan fingerprint density at radius 1 is 1.00 bits per heavy atom. The number of ether oxygens (including phenoxy) is 2. The zero-order valence-corrected chi connectivity index (χ0v) is 20.8. The normalized spacial score (nSPS) is 18.0. The van der Waals surface area contributed by atoms with Crippen LogP contribution in [0.2, 0.25) is 5.02 Å². The molecule has 2 fully saturated rings. The van der Waals surface area contributed by atoms with Crippen LogP contribution in [-0.4, -0.2) is 72.7 Å². The number of hydrogen-bond donors (Lipinski definition) is 0. The predicted octanol–water partition coefficient (Wildman–Crippen LogP) is 3.46. The quantitative estimate of drug-likeness (QED) is 0.506. The summed E-state index contributed by atoms with van der Waals surface area (Å²) in [6.07, 6.45) is 7.37. The number of anilines is 1. The van der Waals surface area contributed by atoms with E-state index >= 15 is 0 Å². The van der Waals surface area contributed by atoms with Gasteiger partial charge in [-0.25, -0.2) is 13.4 Å². The SMILES string of the molecule is COc1cc(OC)c(-c2cn3ccc(N4CCN(S(=O)(=O)C5CCCC5)CC4)nc3n2)cc1Cl. The predicted molar refractivity (Wildman–Crippen MR) is 131 cm³/mol. The summed E-state index contributed by atoms with van der Waals surface area (Å²) in [5.74, 6) is 2.45. The highest BCUT2D eigenvalue weighted by molar-refractivity contribution is 7.89. The van der Waals surface area contributed by atoms with Crippen molar-refractivity contribution in [3.8, 4) is 22.8 Å². The van der Waals surface area contributed by atoms with Crippen molar-refractivity contribution in [3.05, 3.63) is 35.6 Å². The number of nitrogens with zero attached hydrogens (tertiary/aromatic N) is 5. The van der Waals surface area contributed by atoms with Crippen molar-refractivity contribution < 1.29 is 17.9 Å². The summed E-state index contributed by atoms with van der Waals surface area (Å²) in [6.45, 7) is 2.16. The molecule has 0 unspecified atom stereocenters. The molecule has 9 nitrogen and oxygen atoms in total. The average molecular weight is 506 g/mol. The molecule has 1 aliphatic heterocycles. The van der Waals surface area contributed by atoms with Crippen LogP contribution < -0.4 is 14.4 Å². The largest absolute Gasteiger partial charge is 0.496 e. The van der Waals surface area contributed by atoms with Crippen molar-refractivity contribution in [1.29, 1.82) is 0 Å². The molecule has 0 amide bonds. The van der Waals surface area contributed by atoms with Crippen LogP contribution in [0.5, 0.6) is 11.5 Å². The van der Waals surface area contributed by atoms with E-state index in [2.05, 4.69) is 9.88 Å². The van der Waals surface area contributed by atoms with Crippen LogP contribution >= 0.6 is 11.6 Å². The fraction of sp³-hybridized carbons (Fsp3) is 0.478. The van der Waals surface area contributed by atoms with E-state index in [0.717, 1.165) is 37.1 Å². The summed E-state index contributed by atoms with van der Waals surface area (Å²) in [7, 11) is -0.0620. The highest BCUT2D eigenvalue weighted by Gasteiger charge is 2.35. The lowest BCUT2D eigenvalue weighted by Crippen LogP contribution is -2.51. The summed E-state index contributed by atoms with van der Waals surface area (Å²) in [6, 6.07) is 5.43. The molecule has 1 saturated carbocycles. The number of hydrogen-bond acceptors (Lipinski definition) is 7. The Hall–Kier alpha value is -2.56. The molecular formula is C23H28ClN5O4S. The second-order valence-corrected chi connectivity index (χ2v) is 11.3. The van der Waals surface area contributed by atoms with Crippen LogP contribution in [0, 0.1) is 0 Å². The van der Waals surface area contributed by atoms with Gasteiger partial charge in [0.05, 0.1) is 30.2 Å². The average Bonchev–Trinajstić information content (AvgIpc) is 3.54. The van der Waals surface area contributed by atoms with Gasteiger partial charge in [0.25, 0.3) is 0 Å². The first-order valence-electron chi connectivity index (χ1n) is 11.4. The van der Waals surface area contributed by atoms with E-state index in [9.17, 15) is 8.42 Å². The first-order chi connectivity index (χ1) is 16.4. The summed E-state index contributed by atoms with van der Waals surface area (Å²) in [5, 5.41) is 0.259. The third kappa shape index (κ3) is 4.18. The van der Waals surface area contributed by atoms with Gasteiger partial charge in [0.1, 0.15) is 17.3 Å². The molecule has 0 bridgehead atoms. The Balaban J connectivity index is 1.36. The molecule has 34 heavy (non-hydrogen) atoms. The maximum Gasteiger partial charge on any atom is 0.236 e. The highest BCUT2D eigenvalue weighted by atomic mass is 35.5. The maximum atomic E-state index is 12.9. The van der Waals surface area contributed by atoms with Crippen LogP contribution in [0.25, 0.3) is 17.0 Å². The Bertz CT molecular complexity index is 1300. The van der Waals surface area contributed by atoms with E-state index in [0.29, 0.717) is 54.2 Å². The Morgan fingerprint density at radius 2 is 1.71 bits per heavy atom. The number of piperazine rings is 1. The Labute approximate surface area is 204 Å². The van der Waals surface area contributed by atoms with Gasteiger partial charge in [0.15, 0.2) is 0 Å². The summed E-state index contributed by atoms with van der Waals surface area (Å²) in [4.78, 5) is 11.5. The highest BCUT2D eigenvalue weighted by Crippen LogP contribution is 2.38. The number of aromatic nitrogens is 3. The number of sulfonamides is 1. The van der Waals surface area contributed by atoms with Crippen molar-refractivity contribution in [2.75, 3.05) is 45.3 Å². The van der Waals surface area contributed by atoms with Crippen molar-refractivity contribution in [1.82, 2.24) is 18.7 Å². The number of imidazole rings is 1. The van der Waals surface area contributed by atoms with Gasteiger partial charge in [-0.05, 0) is 25.0 Å². The van der Waals surface area contributed by atoms with Crippen LogP contribution in [0.15, 0.2) is 30.6 Å². The fourth-order valence-corrected chi connectivity index (χ4v) is 7.06. The van der Waals surface area contributed by atoms with Gasteiger partial charge in [-0.2, -0.15) is 9.29 Å². The lowest BCUT2D eigenvalue weighted by Gasteiger charge is -2.35. The lowest BCUT2D eigenvalue weighted by atomic mass is 10.1. The summed E-state index contributed by atoms with van der Waals surface area (Å²) >= 11 is 6.33. The monoisotopic (exact) mass is 505 g/mol. The zero-order valence-electron chi connectivity index (χ0n) is 19.3.